The summed E-state index contributed by atoms with van der Waals surface area (Å²) in [5.74, 6) is 0.778. The molecular weight excluding hydrogens is 198 g/mol. The highest BCUT2D eigenvalue weighted by Crippen LogP contribution is 2.26. The first-order chi connectivity index (χ1) is 6.72. The van der Waals surface area contributed by atoms with Gasteiger partial charge in [-0.1, -0.05) is 5.16 Å². The Balaban J connectivity index is 2.44. The van der Waals surface area contributed by atoms with Gasteiger partial charge in [-0.3, -0.25) is 4.68 Å². The highest BCUT2D eigenvalue weighted by Gasteiger charge is 2.11. The zero-order chi connectivity index (χ0) is 10.1. The second-order valence-electron chi connectivity index (χ2n) is 3.00. The van der Waals surface area contributed by atoms with Gasteiger partial charge in [0, 0.05) is 18.8 Å². The van der Waals surface area contributed by atoms with E-state index < -0.39 is 0 Å². The summed E-state index contributed by atoms with van der Waals surface area (Å²) >= 11 is 1.56. The Morgan fingerprint density at radius 2 is 2.29 bits per heavy atom. The first-order valence-corrected chi connectivity index (χ1v) is 5.44. The van der Waals surface area contributed by atoms with Crippen molar-refractivity contribution in [1.82, 2.24) is 14.9 Å². The average Bonchev–Trinajstić information content (AvgIpc) is 2.75. The van der Waals surface area contributed by atoms with E-state index in [1.54, 1.807) is 18.0 Å². The summed E-state index contributed by atoms with van der Waals surface area (Å²) in [7, 11) is 1.91. The topological polar surface area (TPSA) is 43.9 Å². The van der Waals surface area contributed by atoms with Crippen molar-refractivity contribution in [3.05, 3.63) is 18.0 Å². The molecule has 0 saturated heterocycles. The normalized spacial score (nSPS) is 10.8. The lowest BCUT2D eigenvalue weighted by molar-refractivity contribution is 0.415. The van der Waals surface area contributed by atoms with Crippen molar-refractivity contribution in [1.29, 1.82) is 0 Å². The van der Waals surface area contributed by atoms with Crippen LogP contribution in [0.3, 0.4) is 0 Å². The molecule has 0 aliphatic carbocycles. The minimum atomic E-state index is 0.778. The summed E-state index contributed by atoms with van der Waals surface area (Å²) < 4.78 is 7.03. The first-order valence-electron chi connectivity index (χ1n) is 4.22. The van der Waals surface area contributed by atoms with E-state index in [2.05, 4.69) is 10.3 Å². The minimum absolute atomic E-state index is 0.778. The molecular formula is C9H11N3OS. The fourth-order valence-corrected chi connectivity index (χ4v) is 1.56. The summed E-state index contributed by atoms with van der Waals surface area (Å²) in [6, 6.07) is 1.93. The van der Waals surface area contributed by atoms with Crippen molar-refractivity contribution in [3.63, 3.8) is 0 Å². The van der Waals surface area contributed by atoms with Gasteiger partial charge in [0.15, 0.2) is 5.76 Å². The lowest BCUT2D eigenvalue weighted by Gasteiger charge is -1.94. The van der Waals surface area contributed by atoms with Crippen molar-refractivity contribution in [2.45, 2.75) is 11.9 Å². The standard InChI is InChI=1S/C9H11N3OS/c1-6-7(5-10-12(6)2)8-4-9(14-3)11-13-8/h4-5H,1-3H3. The highest BCUT2D eigenvalue weighted by atomic mass is 32.2. The Morgan fingerprint density at radius 3 is 2.79 bits per heavy atom. The van der Waals surface area contributed by atoms with Gasteiger partial charge in [0.25, 0.3) is 0 Å². The molecule has 0 aromatic carbocycles. The summed E-state index contributed by atoms with van der Waals surface area (Å²) in [5.41, 5.74) is 2.08. The quantitative estimate of drug-likeness (QED) is 0.710. The monoisotopic (exact) mass is 209 g/mol. The van der Waals surface area contributed by atoms with Gasteiger partial charge in [-0.15, -0.1) is 11.8 Å². The fraction of sp³-hybridized carbons (Fsp3) is 0.333. The predicted octanol–water partition coefficient (Wildman–Crippen LogP) is 2.11. The molecule has 0 aliphatic rings. The maximum Gasteiger partial charge on any atom is 0.171 e. The third-order valence-electron chi connectivity index (χ3n) is 2.20. The molecule has 0 radical (unpaired) electrons. The summed E-state index contributed by atoms with van der Waals surface area (Å²) in [6.07, 6.45) is 3.76. The number of nitrogens with zero attached hydrogens (tertiary/aromatic N) is 3. The van der Waals surface area contributed by atoms with Crippen LogP contribution in [0.5, 0.6) is 0 Å². The van der Waals surface area contributed by atoms with Crippen LogP contribution in [-0.2, 0) is 7.05 Å². The Hall–Kier alpha value is -1.23. The van der Waals surface area contributed by atoms with Crippen LogP contribution in [0.4, 0.5) is 0 Å². The van der Waals surface area contributed by atoms with Gasteiger partial charge in [0.2, 0.25) is 0 Å². The molecule has 4 nitrogen and oxygen atoms in total. The number of aryl methyl sites for hydroxylation is 1. The average molecular weight is 209 g/mol. The zero-order valence-electron chi connectivity index (χ0n) is 8.31. The Bertz CT molecular complexity index is 447. The van der Waals surface area contributed by atoms with Crippen molar-refractivity contribution in [2.75, 3.05) is 6.26 Å². The molecule has 0 saturated carbocycles. The van der Waals surface area contributed by atoms with Crippen LogP contribution in [0.1, 0.15) is 5.69 Å². The third kappa shape index (κ3) is 1.43. The molecule has 0 N–H and O–H groups in total. The molecule has 74 valence electrons. The minimum Gasteiger partial charge on any atom is -0.355 e. The van der Waals surface area contributed by atoms with Crippen LogP contribution in [0.2, 0.25) is 0 Å². The first kappa shape index (κ1) is 9.33. The Kier molecular flexibility index (Phi) is 2.33. The van der Waals surface area contributed by atoms with E-state index in [1.165, 1.54) is 0 Å². The van der Waals surface area contributed by atoms with Crippen molar-refractivity contribution < 1.29 is 4.52 Å². The maximum atomic E-state index is 5.21. The van der Waals surface area contributed by atoms with Gasteiger partial charge < -0.3 is 4.52 Å². The van der Waals surface area contributed by atoms with E-state index in [9.17, 15) is 0 Å². The molecule has 0 amide bonds. The summed E-state index contributed by atoms with van der Waals surface area (Å²) in [5, 5.41) is 8.95. The lowest BCUT2D eigenvalue weighted by atomic mass is 10.2. The third-order valence-corrected chi connectivity index (χ3v) is 2.81. The van der Waals surface area contributed by atoms with E-state index in [0.717, 1.165) is 22.0 Å². The highest BCUT2D eigenvalue weighted by molar-refractivity contribution is 7.98. The molecule has 2 heterocycles. The van der Waals surface area contributed by atoms with E-state index in [-0.39, 0.29) is 0 Å². The molecule has 5 heteroatoms. The Morgan fingerprint density at radius 1 is 1.50 bits per heavy atom. The van der Waals surface area contributed by atoms with Crippen LogP contribution in [0, 0.1) is 6.92 Å². The van der Waals surface area contributed by atoms with Crippen molar-refractivity contribution in [3.8, 4) is 11.3 Å². The molecule has 2 aromatic rings. The molecule has 0 bridgehead atoms. The van der Waals surface area contributed by atoms with Gasteiger partial charge in [-0.25, -0.2) is 0 Å². The van der Waals surface area contributed by atoms with E-state index >= 15 is 0 Å². The van der Waals surface area contributed by atoms with Gasteiger partial charge in [0.1, 0.15) is 5.03 Å². The van der Waals surface area contributed by atoms with Crippen LogP contribution in [0.25, 0.3) is 11.3 Å². The van der Waals surface area contributed by atoms with E-state index in [1.807, 2.05) is 31.0 Å². The van der Waals surface area contributed by atoms with Crippen LogP contribution >= 0.6 is 11.8 Å². The van der Waals surface area contributed by atoms with Gasteiger partial charge in [-0.2, -0.15) is 5.10 Å². The second kappa shape index (κ2) is 3.49. The largest absolute Gasteiger partial charge is 0.355 e. The van der Waals surface area contributed by atoms with E-state index in [0.29, 0.717) is 0 Å². The molecule has 14 heavy (non-hydrogen) atoms. The number of rotatable bonds is 2. The van der Waals surface area contributed by atoms with Crippen molar-refractivity contribution in [2.24, 2.45) is 7.05 Å². The lowest BCUT2D eigenvalue weighted by Crippen LogP contribution is -1.92. The number of aromatic nitrogens is 3. The molecule has 0 atom stereocenters. The fourth-order valence-electron chi connectivity index (χ4n) is 1.22. The molecule has 0 spiro atoms. The maximum absolute atomic E-state index is 5.21. The number of hydrogen-bond donors (Lipinski definition) is 0. The SMILES string of the molecule is CSc1cc(-c2cnn(C)c2C)on1. The van der Waals surface area contributed by atoms with Gasteiger partial charge >= 0.3 is 0 Å². The predicted molar refractivity (Wildman–Crippen MR) is 55.2 cm³/mol. The van der Waals surface area contributed by atoms with Gasteiger partial charge in [0.05, 0.1) is 11.8 Å². The number of hydrogen-bond acceptors (Lipinski definition) is 4. The Labute approximate surface area is 86.3 Å². The molecule has 2 rings (SSSR count). The summed E-state index contributed by atoms with van der Waals surface area (Å²) in [6.45, 7) is 2.00. The van der Waals surface area contributed by atoms with Gasteiger partial charge in [-0.05, 0) is 13.2 Å². The van der Waals surface area contributed by atoms with Crippen LogP contribution < -0.4 is 0 Å². The molecule has 2 aromatic heterocycles. The van der Waals surface area contributed by atoms with E-state index in [4.69, 9.17) is 4.52 Å². The zero-order valence-corrected chi connectivity index (χ0v) is 9.13. The van der Waals surface area contributed by atoms with Crippen LogP contribution in [-0.4, -0.2) is 21.2 Å². The molecule has 0 fully saturated rings. The summed E-state index contributed by atoms with van der Waals surface area (Å²) in [4.78, 5) is 0. The second-order valence-corrected chi connectivity index (χ2v) is 3.83. The molecule has 0 aliphatic heterocycles. The van der Waals surface area contributed by atoms with Crippen LogP contribution in [0.15, 0.2) is 21.8 Å². The smallest absolute Gasteiger partial charge is 0.171 e. The molecule has 0 unspecified atom stereocenters. The number of thioether (sulfide) groups is 1. The van der Waals surface area contributed by atoms with Crippen molar-refractivity contribution >= 4 is 11.8 Å².